The van der Waals surface area contributed by atoms with Crippen LogP contribution in [0.3, 0.4) is 0 Å². The summed E-state index contributed by atoms with van der Waals surface area (Å²) in [6.07, 6.45) is 1.46. The molecule has 0 unspecified atom stereocenters. The highest BCUT2D eigenvalue weighted by molar-refractivity contribution is 9.10. The van der Waals surface area contributed by atoms with E-state index < -0.39 is 5.95 Å². The van der Waals surface area contributed by atoms with Crippen molar-refractivity contribution in [2.45, 2.75) is 19.6 Å². The van der Waals surface area contributed by atoms with Crippen molar-refractivity contribution >= 4 is 28.3 Å². The Balaban J connectivity index is 0.00000169. The van der Waals surface area contributed by atoms with Crippen LogP contribution < -0.4 is 5.32 Å². The van der Waals surface area contributed by atoms with Gasteiger partial charge in [-0.1, -0.05) is 28.1 Å². The second kappa shape index (κ2) is 7.01. The predicted molar refractivity (Wildman–Crippen MR) is 96.5 cm³/mol. The smallest absolute Gasteiger partial charge is 0.222 e. The Morgan fingerprint density at radius 3 is 2.88 bits per heavy atom. The monoisotopic (exact) mass is 408 g/mol. The minimum absolute atomic E-state index is 0. The molecule has 0 fully saturated rings. The molecular formula is C17H15BrClFN4. The fraction of sp³-hybridized carbons (Fsp3) is 0.176. The van der Waals surface area contributed by atoms with Gasteiger partial charge in [0.2, 0.25) is 5.95 Å². The normalized spacial score (nSPS) is 12.8. The van der Waals surface area contributed by atoms with Gasteiger partial charge in [0.1, 0.15) is 0 Å². The van der Waals surface area contributed by atoms with Crippen molar-refractivity contribution in [2.75, 3.05) is 0 Å². The van der Waals surface area contributed by atoms with Crippen molar-refractivity contribution in [1.29, 1.82) is 0 Å². The topological polar surface area (TPSA) is 42.7 Å². The van der Waals surface area contributed by atoms with Gasteiger partial charge in [0.05, 0.1) is 23.5 Å². The molecule has 0 saturated carbocycles. The van der Waals surface area contributed by atoms with Gasteiger partial charge in [0, 0.05) is 29.3 Å². The quantitative estimate of drug-likeness (QED) is 0.667. The molecule has 4 nitrogen and oxygen atoms in total. The largest absolute Gasteiger partial charge is 0.307 e. The summed E-state index contributed by atoms with van der Waals surface area (Å²) in [5.41, 5.74) is 4.47. The van der Waals surface area contributed by atoms with Gasteiger partial charge in [-0.05, 0) is 29.8 Å². The van der Waals surface area contributed by atoms with E-state index >= 15 is 0 Å². The maximum atomic E-state index is 14.2. The number of pyridine rings is 1. The molecular weight excluding hydrogens is 395 g/mol. The lowest BCUT2D eigenvalue weighted by Gasteiger charge is -2.11. The maximum Gasteiger partial charge on any atom is 0.222 e. The molecule has 1 aliphatic heterocycles. The number of fused-ring (bicyclic) bond motifs is 1. The van der Waals surface area contributed by atoms with Crippen LogP contribution in [0.5, 0.6) is 0 Å². The minimum atomic E-state index is -0.461. The molecule has 4 rings (SSSR count). The summed E-state index contributed by atoms with van der Waals surface area (Å²) in [5.74, 6) is -0.461. The van der Waals surface area contributed by atoms with Gasteiger partial charge in [-0.3, -0.25) is 4.68 Å². The second-order valence-electron chi connectivity index (χ2n) is 5.51. The highest BCUT2D eigenvalue weighted by Gasteiger charge is 2.24. The van der Waals surface area contributed by atoms with E-state index in [1.807, 2.05) is 22.9 Å². The van der Waals surface area contributed by atoms with Gasteiger partial charge in [-0.2, -0.15) is 9.49 Å². The van der Waals surface area contributed by atoms with Crippen molar-refractivity contribution in [3.05, 3.63) is 69.8 Å². The Morgan fingerprint density at radius 1 is 1.21 bits per heavy atom. The van der Waals surface area contributed by atoms with E-state index in [-0.39, 0.29) is 12.4 Å². The lowest BCUT2D eigenvalue weighted by Crippen LogP contribution is -2.10. The number of hydrogen-bond donors (Lipinski definition) is 1. The third kappa shape index (κ3) is 3.09. The van der Waals surface area contributed by atoms with Crippen molar-refractivity contribution < 1.29 is 4.39 Å². The van der Waals surface area contributed by atoms with Crippen molar-refractivity contribution in [3.8, 4) is 11.3 Å². The lowest BCUT2D eigenvalue weighted by atomic mass is 10.1. The van der Waals surface area contributed by atoms with Crippen LogP contribution in [0, 0.1) is 5.95 Å². The molecule has 7 heteroatoms. The SMILES string of the molecule is Cl.Fc1ncccc1-c1c2c(nn1Cc1cccc(Br)c1)CNC2. The summed E-state index contributed by atoms with van der Waals surface area (Å²) in [5, 5.41) is 7.95. The van der Waals surface area contributed by atoms with Crippen molar-refractivity contribution in [3.63, 3.8) is 0 Å². The number of rotatable bonds is 3. The van der Waals surface area contributed by atoms with Crippen molar-refractivity contribution in [2.24, 2.45) is 0 Å². The summed E-state index contributed by atoms with van der Waals surface area (Å²) in [6.45, 7) is 2.02. The molecule has 1 N–H and O–H groups in total. The first-order chi connectivity index (χ1) is 11.2. The lowest BCUT2D eigenvalue weighted by molar-refractivity contribution is 0.581. The fourth-order valence-corrected chi connectivity index (χ4v) is 3.42. The summed E-state index contributed by atoms with van der Waals surface area (Å²) in [7, 11) is 0. The molecule has 0 amide bonds. The molecule has 0 atom stereocenters. The zero-order valence-corrected chi connectivity index (χ0v) is 15.1. The number of nitrogens with zero attached hydrogens (tertiary/aromatic N) is 3. The molecule has 2 aromatic heterocycles. The molecule has 3 heterocycles. The Labute approximate surface area is 153 Å². The third-order valence-electron chi connectivity index (χ3n) is 3.96. The minimum Gasteiger partial charge on any atom is -0.307 e. The van der Waals surface area contributed by atoms with Gasteiger partial charge in [-0.25, -0.2) is 4.98 Å². The first-order valence-corrected chi connectivity index (χ1v) is 8.16. The van der Waals surface area contributed by atoms with E-state index in [0.29, 0.717) is 18.7 Å². The highest BCUT2D eigenvalue weighted by Crippen LogP contribution is 2.31. The van der Waals surface area contributed by atoms with Crippen LogP contribution in [0.2, 0.25) is 0 Å². The van der Waals surface area contributed by atoms with Crippen LogP contribution >= 0.6 is 28.3 Å². The van der Waals surface area contributed by atoms with Crippen LogP contribution in [0.4, 0.5) is 4.39 Å². The average molecular weight is 410 g/mol. The average Bonchev–Trinajstić information content (AvgIpc) is 3.09. The number of hydrogen-bond acceptors (Lipinski definition) is 3. The van der Waals surface area contributed by atoms with Gasteiger partial charge in [0.25, 0.3) is 0 Å². The van der Waals surface area contributed by atoms with Crippen LogP contribution in [0.15, 0.2) is 47.1 Å². The molecule has 3 aromatic rings. The highest BCUT2D eigenvalue weighted by atomic mass is 79.9. The molecule has 0 spiro atoms. The number of aromatic nitrogens is 3. The van der Waals surface area contributed by atoms with E-state index in [9.17, 15) is 4.39 Å². The standard InChI is InChI=1S/C17H14BrFN4.ClH/c18-12-4-1-3-11(7-12)10-23-16(13-5-2-6-21-17(13)19)14-8-20-9-15(14)22-23;/h1-7,20H,8-10H2;1H. The van der Waals surface area contributed by atoms with Crippen molar-refractivity contribution in [1.82, 2.24) is 20.1 Å². The Kier molecular flexibility index (Phi) is 4.99. The van der Waals surface area contributed by atoms with Gasteiger partial charge in [0.15, 0.2) is 0 Å². The van der Waals surface area contributed by atoms with Gasteiger partial charge < -0.3 is 5.32 Å². The van der Waals surface area contributed by atoms with Gasteiger partial charge in [-0.15, -0.1) is 12.4 Å². The molecule has 0 bridgehead atoms. The number of nitrogens with one attached hydrogen (secondary N) is 1. The summed E-state index contributed by atoms with van der Waals surface area (Å²) in [4.78, 5) is 3.79. The summed E-state index contributed by atoms with van der Waals surface area (Å²) in [6, 6.07) is 11.6. The molecule has 0 aliphatic carbocycles. The zero-order valence-electron chi connectivity index (χ0n) is 12.7. The fourth-order valence-electron chi connectivity index (χ4n) is 2.97. The first kappa shape index (κ1) is 17.1. The molecule has 1 aliphatic rings. The van der Waals surface area contributed by atoms with Gasteiger partial charge >= 0.3 is 0 Å². The molecule has 124 valence electrons. The Hall–Kier alpha value is -1.76. The van der Waals surface area contributed by atoms with E-state index in [2.05, 4.69) is 37.4 Å². The van der Waals surface area contributed by atoms with E-state index in [1.54, 1.807) is 12.1 Å². The predicted octanol–water partition coefficient (Wildman–Crippen LogP) is 3.92. The zero-order chi connectivity index (χ0) is 15.8. The van der Waals surface area contributed by atoms with E-state index in [1.165, 1.54) is 6.20 Å². The molecule has 0 radical (unpaired) electrons. The van der Waals surface area contributed by atoms with E-state index in [4.69, 9.17) is 0 Å². The van der Waals surface area contributed by atoms with E-state index in [0.717, 1.165) is 33.5 Å². The first-order valence-electron chi connectivity index (χ1n) is 7.37. The summed E-state index contributed by atoms with van der Waals surface area (Å²) < 4.78 is 17.1. The number of benzene rings is 1. The Morgan fingerprint density at radius 2 is 2.08 bits per heavy atom. The second-order valence-corrected chi connectivity index (χ2v) is 6.42. The van der Waals surface area contributed by atoms with Crippen LogP contribution in [0.1, 0.15) is 16.8 Å². The maximum absolute atomic E-state index is 14.2. The van der Waals surface area contributed by atoms with Crippen LogP contribution in [0.25, 0.3) is 11.3 Å². The van der Waals surface area contributed by atoms with Crippen LogP contribution in [-0.4, -0.2) is 14.8 Å². The molecule has 1 aromatic carbocycles. The molecule has 24 heavy (non-hydrogen) atoms. The molecule has 0 saturated heterocycles. The van der Waals surface area contributed by atoms with Crippen LogP contribution in [-0.2, 0) is 19.6 Å². The summed E-state index contributed by atoms with van der Waals surface area (Å²) >= 11 is 3.49. The third-order valence-corrected chi connectivity index (χ3v) is 4.46. The Bertz CT molecular complexity index is 881. The number of halogens is 3.